The van der Waals surface area contributed by atoms with Gasteiger partial charge in [0.15, 0.2) is 0 Å². The lowest BCUT2D eigenvalue weighted by molar-refractivity contribution is -0.136. The highest BCUT2D eigenvalue weighted by molar-refractivity contribution is 5.78. The van der Waals surface area contributed by atoms with Gasteiger partial charge in [-0.05, 0) is 44.9 Å². The van der Waals surface area contributed by atoms with E-state index in [9.17, 15) is 4.79 Å². The molecule has 0 aromatic heterocycles. The third-order valence-electron chi connectivity index (χ3n) is 3.55. The maximum Gasteiger partial charge on any atom is 0.225 e. The average Bonchev–Trinajstić information content (AvgIpc) is 2.26. The second-order valence-electron chi connectivity index (χ2n) is 4.87. The van der Waals surface area contributed by atoms with Crippen molar-refractivity contribution < 1.29 is 4.79 Å². The summed E-state index contributed by atoms with van der Waals surface area (Å²) in [5, 5.41) is 0. The van der Waals surface area contributed by atoms with Crippen LogP contribution in [0.25, 0.3) is 0 Å². The van der Waals surface area contributed by atoms with E-state index in [1.165, 1.54) is 12.8 Å². The van der Waals surface area contributed by atoms with Crippen LogP contribution in [0.5, 0.6) is 0 Å². The Labute approximate surface area is 94.0 Å². The second-order valence-corrected chi connectivity index (χ2v) is 4.87. The summed E-state index contributed by atoms with van der Waals surface area (Å²) >= 11 is 0. The summed E-state index contributed by atoms with van der Waals surface area (Å²) in [6, 6.07) is 0. The summed E-state index contributed by atoms with van der Waals surface area (Å²) in [4.78, 5) is 14.2. The van der Waals surface area contributed by atoms with Crippen molar-refractivity contribution in [2.24, 2.45) is 11.8 Å². The molecule has 1 aliphatic rings. The maximum atomic E-state index is 12.2. The molecule has 0 atom stereocenters. The van der Waals surface area contributed by atoms with Crippen molar-refractivity contribution in [2.75, 3.05) is 13.1 Å². The molecule has 0 aromatic rings. The smallest absolute Gasteiger partial charge is 0.225 e. The lowest BCUT2D eigenvalue weighted by Crippen LogP contribution is -2.37. The van der Waals surface area contributed by atoms with Crippen molar-refractivity contribution in [3.05, 3.63) is 0 Å². The van der Waals surface area contributed by atoms with Crippen LogP contribution in [0.1, 0.15) is 52.9 Å². The topological polar surface area (TPSA) is 20.3 Å². The van der Waals surface area contributed by atoms with Crippen LogP contribution in [-0.2, 0) is 4.79 Å². The summed E-state index contributed by atoms with van der Waals surface area (Å²) in [6.07, 6.45) is 5.77. The molecule has 0 aromatic carbocycles. The van der Waals surface area contributed by atoms with Gasteiger partial charge < -0.3 is 4.90 Å². The number of carbonyl (C=O) groups excluding carboxylic acids is 1. The quantitative estimate of drug-likeness (QED) is 0.700. The van der Waals surface area contributed by atoms with Crippen molar-refractivity contribution in [1.82, 2.24) is 4.90 Å². The molecule has 0 spiro atoms. The highest BCUT2D eigenvalue weighted by Crippen LogP contribution is 2.29. The second kappa shape index (κ2) is 6.14. The van der Waals surface area contributed by atoms with Crippen molar-refractivity contribution in [1.29, 1.82) is 0 Å². The average molecular weight is 211 g/mol. The molecule has 15 heavy (non-hydrogen) atoms. The molecule has 0 heterocycles. The Hall–Kier alpha value is -0.530. The first kappa shape index (κ1) is 12.5. The van der Waals surface area contributed by atoms with E-state index in [4.69, 9.17) is 0 Å². The number of amides is 1. The van der Waals surface area contributed by atoms with Crippen LogP contribution < -0.4 is 0 Å². The molecule has 0 N–H and O–H groups in total. The first-order valence-corrected chi connectivity index (χ1v) is 6.47. The fourth-order valence-corrected chi connectivity index (χ4v) is 2.46. The first-order chi connectivity index (χ1) is 7.19. The Balaban J connectivity index is 2.44. The molecule has 0 saturated heterocycles. The van der Waals surface area contributed by atoms with Gasteiger partial charge in [-0.2, -0.15) is 0 Å². The fraction of sp³-hybridized carbons (Fsp3) is 0.923. The van der Waals surface area contributed by atoms with Crippen LogP contribution in [0.15, 0.2) is 0 Å². The molecular weight excluding hydrogens is 186 g/mol. The fourth-order valence-electron chi connectivity index (χ4n) is 2.46. The van der Waals surface area contributed by atoms with Crippen molar-refractivity contribution in [3.63, 3.8) is 0 Å². The van der Waals surface area contributed by atoms with E-state index in [1.54, 1.807) is 0 Å². The predicted molar refractivity (Wildman–Crippen MR) is 63.7 cm³/mol. The van der Waals surface area contributed by atoms with Gasteiger partial charge in [0.25, 0.3) is 0 Å². The summed E-state index contributed by atoms with van der Waals surface area (Å²) in [7, 11) is 0. The molecule has 2 nitrogen and oxygen atoms in total. The SMILES string of the molecule is CCCN(CC)C(=O)C1CCC(C)CC1. The Morgan fingerprint density at radius 2 is 1.80 bits per heavy atom. The van der Waals surface area contributed by atoms with Gasteiger partial charge in [0.1, 0.15) is 0 Å². The van der Waals surface area contributed by atoms with Gasteiger partial charge in [0.2, 0.25) is 5.91 Å². The number of nitrogens with zero attached hydrogens (tertiary/aromatic N) is 1. The Morgan fingerprint density at radius 1 is 1.20 bits per heavy atom. The van der Waals surface area contributed by atoms with Gasteiger partial charge in [-0.15, -0.1) is 0 Å². The first-order valence-electron chi connectivity index (χ1n) is 6.47. The van der Waals surface area contributed by atoms with Gasteiger partial charge in [-0.1, -0.05) is 13.8 Å². The van der Waals surface area contributed by atoms with Crippen molar-refractivity contribution in [2.45, 2.75) is 52.9 Å². The van der Waals surface area contributed by atoms with E-state index < -0.39 is 0 Å². The molecule has 1 aliphatic carbocycles. The van der Waals surface area contributed by atoms with Gasteiger partial charge in [0.05, 0.1) is 0 Å². The summed E-state index contributed by atoms with van der Waals surface area (Å²) in [6.45, 7) is 8.32. The van der Waals surface area contributed by atoms with Gasteiger partial charge >= 0.3 is 0 Å². The molecule has 0 unspecified atom stereocenters. The Bertz CT molecular complexity index is 195. The minimum absolute atomic E-state index is 0.327. The summed E-state index contributed by atoms with van der Waals surface area (Å²) < 4.78 is 0. The van der Waals surface area contributed by atoms with E-state index >= 15 is 0 Å². The number of carbonyl (C=O) groups is 1. The molecule has 1 saturated carbocycles. The predicted octanol–water partition coefficient (Wildman–Crippen LogP) is 3.07. The van der Waals surface area contributed by atoms with E-state index in [0.29, 0.717) is 11.8 Å². The zero-order chi connectivity index (χ0) is 11.3. The van der Waals surface area contributed by atoms with E-state index in [-0.39, 0.29) is 0 Å². The number of rotatable bonds is 4. The van der Waals surface area contributed by atoms with E-state index in [2.05, 4.69) is 20.8 Å². The molecule has 0 aliphatic heterocycles. The van der Waals surface area contributed by atoms with E-state index in [1.807, 2.05) is 4.90 Å². The zero-order valence-corrected chi connectivity index (χ0v) is 10.5. The highest BCUT2D eigenvalue weighted by atomic mass is 16.2. The summed E-state index contributed by atoms with van der Waals surface area (Å²) in [5.41, 5.74) is 0. The third kappa shape index (κ3) is 3.51. The lowest BCUT2D eigenvalue weighted by atomic mass is 9.82. The molecule has 0 radical (unpaired) electrons. The summed E-state index contributed by atoms with van der Waals surface area (Å²) in [5.74, 6) is 1.56. The van der Waals surface area contributed by atoms with Crippen LogP contribution in [0.4, 0.5) is 0 Å². The van der Waals surface area contributed by atoms with Crippen molar-refractivity contribution >= 4 is 5.91 Å². The molecule has 1 rings (SSSR count). The molecule has 2 heteroatoms. The molecule has 0 bridgehead atoms. The highest BCUT2D eigenvalue weighted by Gasteiger charge is 2.26. The lowest BCUT2D eigenvalue weighted by Gasteiger charge is -2.30. The third-order valence-corrected chi connectivity index (χ3v) is 3.55. The number of hydrogen-bond donors (Lipinski definition) is 0. The van der Waals surface area contributed by atoms with Gasteiger partial charge in [0, 0.05) is 19.0 Å². The normalized spacial score (nSPS) is 26.3. The van der Waals surface area contributed by atoms with Crippen LogP contribution in [0.2, 0.25) is 0 Å². The monoisotopic (exact) mass is 211 g/mol. The standard InChI is InChI=1S/C13H25NO/c1-4-10-14(5-2)13(15)12-8-6-11(3)7-9-12/h11-12H,4-10H2,1-3H3. The molecule has 88 valence electrons. The molecule has 1 amide bonds. The largest absolute Gasteiger partial charge is 0.343 e. The molecular formula is C13H25NO. The van der Waals surface area contributed by atoms with Crippen LogP contribution in [0, 0.1) is 11.8 Å². The zero-order valence-electron chi connectivity index (χ0n) is 10.5. The Kier molecular flexibility index (Phi) is 5.13. The van der Waals surface area contributed by atoms with Gasteiger partial charge in [-0.25, -0.2) is 0 Å². The minimum atomic E-state index is 0.327. The van der Waals surface area contributed by atoms with E-state index in [0.717, 1.165) is 38.3 Å². The van der Waals surface area contributed by atoms with Crippen molar-refractivity contribution in [3.8, 4) is 0 Å². The Morgan fingerprint density at radius 3 is 2.27 bits per heavy atom. The number of hydrogen-bond acceptors (Lipinski definition) is 1. The molecule has 1 fully saturated rings. The minimum Gasteiger partial charge on any atom is -0.343 e. The van der Waals surface area contributed by atoms with Crippen LogP contribution >= 0.6 is 0 Å². The van der Waals surface area contributed by atoms with Crippen LogP contribution in [-0.4, -0.2) is 23.9 Å². The maximum absolute atomic E-state index is 12.2. The van der Waals surface area contributed by atoms with Gasteiger partial charge in [-0.3, -0.25) is 4.79 Å². The van der Waals surface area contributed by atoms with Crippen LogP contribution in [0.3, 0.4) is 0 Å².